The van der Waals surface area contributed by atoms with Crippen LogP contribution in [0.3, 0.4) is 0 Å². The number of imidazole rings is 1. The number of anilines is 1. The van der Waals surface area contributed by atoms with Crippen LogP contribution in [0.5, 0.6) is 11.6 Å². The van der Waals surface area contributed by atoms with Gasteiger partial charge in [0.1, 0.15) is 18.4 Å². The van der Waals surface area contributed by atoms with Crippen LogP contribution in [0.1, 0.15) is 19.4 Å². The molecule has 0 amide bonds. The second-order valence-electron chi connectivity index (χ2n) is 8.39. The molecule has 4 atom stereocenters. The van der Waals surface area contributed by atoms with Crippen molar-refractivity contribution in [3.8, 4) is 11.6 Å². The number of rotatable bonds is 13. The van der Waals surface area contributed by atoms with Crippen molar-refractivity contribution in [3.05, 3.63) is 48.8 Å². The molecular formula is C23H29N6O7P. The van der Waals surface area contributed by atoms with Crippen LogP contribution in [0.25, 0.3) is 11.2 Å². The van der Waals surface area contributed by atoms with E-state index in [9.17, 15) is 14.5 Å². The predicted octanol–water partition coefficient (Wildman–Crippen LogP) is 2.82. The van der Waals surface area contributed by atoms with Gasteiger partial charge in [-0.15, -0.1) is 0 Å². The number of aromatic nitrogens is 4. The molecule has 1 aromatic carbocycles. The van der Waals surface area contributed by atoms with Crippen LogP contribution in [0, 0.1) is 5.92 Å². The summed E-state index contributed by atoms with van der Waals surface area (Å²) in [6.07, 6.45) is 6.13. The zero-order valence-corrected chi connectivity index (χ0v) is 21.3. The Labute approximate surface area is 213 Å². The highest BCUT2D eigenvalue weighted by Crippen LogP contribution is 2.46. The number of methoxy groups -OCH3 is 1. The number of nitrogens with zero attached hydrogens (tertiary/aromatic N) is 4. The predicted molar refractivity (Wildman–Crippen MR) is 134 cm³/mol. The lowest BCUT2D eigenvalue weighted by Crippen LogP contribution is -2.33. The highest BCUT2D eigenvalue weighted by Gasteiger charge is 2.33. The summed E-state index contributed by atoms with van der Waals surface area (Å²) in [5.74, 6) is -0.686. The van der Waals surface area contributed by atoms with Gasteiger partial charge in [0.05, 0.1) is 25.6 Å². The third kappa shape index (κ3) is 6.63. The second-order valence-corrected chi connectivity index (χ2v) is 10.1. The third-order valence-corrected chi connectivity index (χ3v) is 7.23. The normalized spacial score (nSPS) is 19.5. The zero-order chi connectivity index (χ0) is 26.4. The fourth-order valence-corrected chi connectivity index (χ4v) is 5.30. The summed E-state index contributed by atoms with van der Waals surface area (Å²) >= 11 is 0. The lowest BCUT2D eigenvalue weighted by molar-refractivity contribution is -0.138. The highest BCUT2D eigenvalue weighted by molar-refractivity contribution is 7.52. The Kier molecular flexibility index (Phi) is 8.39. The van der Waals surface area contributed by atoms with E-state index in [0.717, 1.165) is 0 Å². The van der Waals surface area contributed by atoms with Crippen LogP contribution in [0.4, 0.5) is 5.95 Å². The minimum absolute atomic E-state index is 0.0333. The number of fused-ring (bicyclic) bond motifs is 1. The van der Waals surface area contributed by atoms with Crippen molar-refractivity contribution in [2.24, 2.45) is 5.92 Å². The van der Waals surface area contributed by atoms with Crippen molar-refractivity contribution in [3.63, 3.8) is 0 Å². The molecule has 3 aromatic rings. The number of para-hydroxylation sites is 1. The molecule has 198 valence electrons. The monoisotopic (exact) mass is 532 g/mol. The molecule has 14 heteroatoms. The number of benzene rings is 1. The molecule has 0 aliphatic heterocycles. The number of carboxylic acids is 1. The molecule has 2 aromatic heterocycles. The Balaban J connectivity index is 1.45. The zero-order valence-electron chi connectivity index (χ0n) is 20.4. The first-order valence-electron chi connectivity index (χ1n) is 11.6. The molecule has 4 N–H and O–H groups in total. The standard InChI is InChI=1S/C23H29N6O7P/c1-15(22(30)31)28-37(32,36-18-6-4-3-5-7-18)35-13-16-8-9-17(12-16)29-14-25-19-20(29)26-23(24)27-21(19)34-11-10-33-2/h3-9,14-17H,10-13H2,1-2H3,(H,28,32)(H,30,31)(H2,24,26,27)/t15-,16+,17-,37-/m0/s1. The van der Waals surface area contributed by atoms with Gasteiger partial charge in [-0.3, -0.25) is 9.32 Å². The summed E-state index contributed by atoms with van der Waals surface area (Å²) in [6, 6.07) is 7.15. The first-order chi connectivity index (χ1) is 17.8. The summed E-state index contributed by atoms with van der Waals surface area (Å²) < 4.78 is 37.2. The maximum absolute atomic E-state index is 13.4. The molecule has 0 unspecified atom stereocenters. The molecule has 0 bridgehead atoms. The van der Waals surface area contributed by atoms with Crippen LogP contribution < -0.4 is 20.1 Å². The Hall–Kier alpha value is -3.51. The molecule has 0 fully saturated rings. The average molecular weight is 532 g/mol. The van der Waals surface area contributed by atoms with Crippen LogP contribution in [-0.4, -0.2) is 63.6 Å². The number of nitrogen functional groups attached to an aromatic ring is 1. The highest BCUT2D eigenvalue weighted by atomic mass is 31.2. The van der Waals surface area contributed by atoms with Gasteiger partial charge in [0.25, 0.3) is 0 Å². The van der Waals surface area contributed by atoms with E-state index < -0.39 is 19.8 Å². The van der Waals surface area contributed by atoms with Gasteiger partial charge in [0.15, 0.2) is 11.2 Å². The Morgan fingerprint density at radius 3 is 2.78 bits per heavy atom. The van der Waals surface area contributed by atoms with Crippen LogP contribution >= 0.6 is 7.75 Å². The molecule has 0 saturated carbocycles. The van der Waals surface area contributed by atoms with Gasteiger partial charge in [0, 0.05) is 13.0 Å². The molecule has 13 nitrogen and oxygen atoms in total. The maximum Gasteiger partial charge on any atom is 0.459 e. The number of aliphatic carboxylic acids is 1. The lowest BCUT2D eigenvalue weighted by Gasteiger charge is -2.23. The summed E-state index contributed by atoms with van der Waals surface area (Å²) in [7, 11) is -2.42. The Morgan fingerprint density at radius 2 is 2.05 bits per heavy atom. The minimum Gasteiger partial charge on any atom is -0.480 e. The summed E-state index contributed by atoms with van der Waals surface area (Å²) in [5.41, 5.74) is 6.89. The van der Waals surface area contributed by atoms with Gasteiger partial charge in [-0.1, -0.05) is 30.4 Å². The van der Waals surface area contributed by atoms with Crippen LogP contribution in [0.15, 0.2) is 48.8 Å². The first-order valence-corrected chi connectivity index (χ1v) is 13.1. The van der Waals surface area contributed by atoms with Crippen LogP contribution in [0.2, 0.25) is 0 Å². The second kappa shape index (κ2) is 11.7. The smallest absolute Gasteiger partial charge is 0.459 e. The number of ether oxygens (including phenoxy) is 2. The minimum atomic E-state index is -4.00. The molecule has 0 radical (unpaired) electrons. The number of hydrogen-bond donors (Lipinski definition) is 3. The molecule has 1 aliphatic carbocycles. The number of carbonyl (C=O) groups is 1. The number of hydrogen-bond acceptors (Lipinski definition) is 10. The molecule has 2 heterocycles. The van der Waals surface area contributed by atoms with Crippen molar-refractivity contribution in [1.82, 2.24) is 24.6 Å². The van der Waals surface area contributed by atoms with E-state index in [1.54, 1.807) is 43.8 Å². The van der Waals surface area contributed by atoms with E-state index in [4.69, 9.17) is 24.3 Å². The van der Waals surface area contributed by atoms with Gasteiger partial charge in [-0.25, -0.2) is 9.55 Å². The van der Waals surface area contributed by atoms with E-state index in [-0.39, 0.29) is 37.0 Å². The van der Waals surface area contributed by atoms with E-state index >= 15 is 0 Å². The van der Waals surface area contributed by atoms with E-state index in [1.165, 1.54) is 6.92 Å². The summed E-state index contributed by atoms with van der Waals surface area (Å²) in [5, 5.41) is 11.7. The number of nitrogens with one attached hydrogen (secondary N) is 1. The van der Waals surface area contributed by atoms with E-state index in [1.807, 2.05) is 16.7 Å². The fraction of sp³-hybridized carbons (Fsp3) is 0.391. The van der Waals surface area contributed by atoms with Gasteiger partial charge < -0.3 is 29.4 Å². The van der Waals surface area contributed by atoms with Gasteiger partial charge in [-0.2, -0.15) is 15.1 Å². The Morgan fingerprint density at radius 1 is 1.27 bits per heavy atom. The average Bonchev–Trinajstić information content (AvgIpc) is 3.50. The number of allylic oxidation sites excluding steroid dienone is 1. The number of carboxylic acid groups (broad SMARTS) is 1. The fourth-order valence-electron chi connectivity index (χ4n) is 3.75. The van der Waals surface area contributed by atoms with Crippen molar-refractivity contribution < 1.29 is 33.0 Å². The molecular weight excluding hydrogens is 503 g/mol. The quantitative estimate of drug-likeness (QED) is 0.167. The van der Waals surface area contributed by atoms with E-state index in [2.05, 4.69) is 20.0 Å². The van der Waals surface area contributed by atoms with Crippen molar-refractivity contribution >= 4 is 30.8 Å². The van der Waals surface area contributed by atoms with Crippen molar-refractivity contribution in [1.29, 1.82) is 0 Å². The van der Waals surface area contributed by atoms with Crippen molar-refractivity contribution in [2.75, 3.05) is 32.7 Å². The molecule has 0 saturated heterocycles. The van der Waals surface area contributed by atoms with Gasteiger partial charge in [-0.05, 0) is 25.5 Å². The third-order valence-electron chi connectivity index (χ3n) is 5.59. The summed E-state index contributed by atoms with van der Waals surface area (Å²) in [4.78, 5) is 24.2. The maximum atomic E-state index is 13.4. The first kappa shape index (κ1) is 26.6. The van der Waals surface area contributed by atoms with E-state index in [0.29, 0.717) is 29.9 Å². The van der Waals surface area contributed by atoms with Crippen molar-refractivity contribution in [2.45, 2.75) is 25.4 Å². The largest absolute Gasteiger partial charge is 0.480 e. The number of nitrogens with two attached hydrogens (primary N) is 1. The summed E-state index contributed by atoms with van der Waals surface area (Å²) in [6.45, 7) is 2.07. The molecule has 1 aliphatic rings. The van der Waals surface area contributed by atoms with Crippen LogP contribution in [-0.2, 0) is 18.6 Å². The SMILES string of the molecule is COCCOc1nc(N)nc2c1ncn2[C@H]1C=C[C@@H](CO[P@@](=O)(N[C@@H](C)C(=O)O)Oc2ccccc2)C1. The molecule has 4 rings (SSSR count). The lowest BCUT2D eigenvalue weighted by atomic mass is 10.1. The topological polar surface area (TPSA) is 173 Å². The van der Waals surface area contributed by atoms with Gasteiger partial charge >= 0.3 is 13.7 Å². The van der Waals surface area contributed by atoms with Gasteiger partial charge in [0.2, 0.25) is 11.8 Å². The molecule has 37 heavy (non-hydrogen) atoms. The Bertz CT molecular complexity index is 1300. The molecule has 0 spiro atoms.